The van der Waals surface area contributed by atoms with Crippen molar-refractivity contribution in [3.8, 4) is 0 Å². The van der Waals surface area contributed by atoms with Crippen LogP contribution in [0, 0.1) is 5.92 Å². The standard InChI is InChI=1S/C14H21NOS/c1-11-2-5-14(6-3-11)13(15-7-8-16-14)12-4-9-17-10-12/h4,9-11,13,15H,2-3,5-8H2,1H3. The second-order valence-electron chi connectivity index (χ2n) is 5.54. The lowest BCUT2D eigenvalue weighted by Gasteiger charge is -2.48. The van der Waals surface area contributed by atoms with Gasteiger partial charge >= 0.3 is 0 Å². The molecule has 0 aromatic carbocycles. The molecule has 0 amide bonds. The van der Waals surface area contributed by atoms with Gasteiger partial charge in [0.2, 0.25) is 0 Å². The van der Waals surface area contributed by atoms with Crippen LogP contribution >= 0.6 is 11.3 Å². The summed E-state index contributed by atoms with van der Waals surface area (Å²) in [5.41, 5.74) is 1.50. The quantitative estimate of drug-likeness (QED) is 0.826. The Morgan fingerprint density at radius 2 is 2.24 bits per heavy atom. The Kier molecular flexibility index (Phi) is 3.24. The molecule has 1 atom stereocenters. The largest absolute Gasteiger partial charge is 0.372 e. The highest BCUT2D eigenvalue weighted by molar-refractivity contribution is 7.07. The van der Waals surface area contributed by atoms with E-state index in [0.717, 1.165) is 19.1 Å². The summed E-state index contributed by atoms with van der Waals surface area (Å²) in [6.45, 7) is 4.22. The summed E-state index contributed by atoms with van der Waals surface area (Å²) in [5, 5.41) is 8.12. The maximum absolute atomic E-state index is 6.23. The van der Waals surface area contributed by atoms with Gasteiger partial charge in [0.05, 0.1) is 18.2 Å². The van der Waals surface area contributed by atoms with Crippen LogP contribution in [0.4, 0.5) is 0 Å². The Labute approximate surface area is 107 Å². The molecule has 1 saturated heterocycles. The Morgan fingerprint density at radius 1 is 1.41 bits per heavy atom. The summed E-state index contributed by atoms with van der Waals surface area (Å²) in [4.78, 5) is 0. The van der Waals surface area contributed by atoms with Gasteiger partial charge in [-0.2, -0.15) is 11.3 Å². The molecular formula is C14H21NOS. The van der Waals surface area contributed by atoms with Gasteiger partial charge in [0, 0.05) is 6.54 Å². The summed E-state index contributed by atoms with van der Waals surface area (Å²) < 4.78 is 6.23. The molecule has 1 aliphatic carbocycles. The highest BCUT2D eigenvalue weighted by atomic mass is 32.1. The Morgan fingerprint density at radius 3 is 2.94 bits per heavy atom. The number of hydrogen-bond acceptors (Lipinski definition) is 3. The number of hydrogen-bond donors (Lipinski definition) is 1. The lowest BCUT2D eigenvalue weighted by Crippen LogP contribution is -2.53. The first-order valence-electron chi connectivity index (χ1n) is 6.70. The minimum atomic E-state index is 0.0752. The molecule has 94 valence electrons. The van der Waals surface area contributed by atoms with E-state index in [1.807, 2.05) is 0 Å². The highest BCUT2D eigenvalue weighted by Crippen LogP contribution is 2.44. The van der Waals surface area contributed by atoms with E-state index in [0.29, 0.717) is 6.04 Å². The molecule has 1 N–H and O–H groups in total. The van der Waals surface area contributed by atoms with Crippen molar-refractivity contribution in [1.82, 2.24) is 5.32 Å². The highest BCUT2D eigenvalue weighted by Gasteiger charge is 2.44. The number of rotatable bonds is 1. The number of nitrogens with one attached hydrogen (secondary N) is 1. The van der Waals surface area contributed by atoms with Crippen molar-refractivity contribution in [1.29, 1.82) is 0 Å². The average Bonchev–Trinajstić information content (AvgIpc) is 2.87. The van der Waals surface area contributed by atoms with E-state index in [9.17, 15) is 0 Å². The van der Waals surface area contributed by atoms with E-state index >= 15 is 0 Å². The maximum atomic E-state index is 6.23. The van der Waals surface area contributed by atoms with Gasteiger partial charge in [0.15, 0.2) is 0 Å². The van der Waals surface area contributed by atoms with E-state index in [4.69, 9.17) is 4.74 Å². The van der Waals surface area contributed by atoms with Crippen LogP contribution in [-0.2, 0) is 4.74 Å². The van der Waals surface area contributed by atoms with Crippen molar-refractivity contribution in [2.75, 3.05) is 13.2 Å². The van der Waals surface area contributed by atoms with Crippen LogP contribution < -0.4 is 5.32 Å². The minimum Gasteiger partial charge on any atom is -0.372 e. The van der Waals surface area contributed by atoms with Crippen molar-refractivity contribution >= 4 is 11.3 Å². The molecule has 1 unspecified atom stereocenters. The molecule has 3 rings (SSSR count). The third-order valence-electron chi connectivity index (χ3n) is 4.36. The van der Waals surface area contributed by atoms with Crippen LogP contribution in [0.5, 0.6) is 0 Å². The van der Waals surface area contributed by atoms with Gasteiger partial charge in [-0.15, -0.1) is 0 Å². The number of morpholine rings is 1. The van der Waals surface area contributed by atoms with Crippen molar-refractivity contribution in [3.05, 3.63) is 22.4 Å². The van der Waals surface area contributed by atoms with Crippen LogP contribution in [-0.4, -0.2) is 18.8 Å². The zero-order chi connectivity index (χ0) is 11.7. The Bertz CT molecular complexity index is 354. The minimum absolute atomic E-state index is 0.0752. The summed E-state index contributed by atoms with van der Waals surface area (Å²) >= 11 is 1.79. The van der Waals surface area contributed by atoms with Crippen LogP contribution in [0.3, 0.4) is 0 Å². The SMILES string of the molecule is CC1CCC2(CC1)OCCNC2c1ccsc1. The van der Waals surface area contributed by atoms with Gasteiger partial charge in [-0.3, -0.25) is 0 Å². The number of thiophene rings is 1. The first-order valence-corrected chi connectivity index (χ1v) is 7.64. The molecule has 2 heterocycles. The fourth-order valence-electron chi connectivity index (χ4n) is 3.27. The van der Waals surface area contributed by atoms with Gasteiger partial charge < -0.3 is 10.1 Å². The lowest BCUT2D eigenvalue weighted by atomic mass is 9.73. The molecule has 1 saturated carbocycles. The molecule has 1 spiro atoms. The second-order valence-corrected chi connectivity index (χ2v) is 6.32. The predicted molar refractivity (Wildman–Crippen MR) is 71.4 cm³/mol. The summed E-state index contributed by atoms with van der Waals surface area (Å²) in [7, 11) is 0. The Hall–Kier alpha value is -0.380. The fourth-order valence-corrected chi connectivity index (χ4v) is 3.96. The molecule has 1 aliphatic heterocycles. The van der Waals surface area contributed by atoms with Gasteiger partial charge in [-0.1, -0.05) is 6.92 Å². The van der Waals surface area contributed by atoms with Crippen LogP contribution in [0.25, 0.3) is 0 Å². The van der Waals surface area contributed by atoms with E-state index in [-0.39, 0.29) is 5.60 Å². The van der Waals surface area contributed by atoms with Gasteiger partial charge in [-0.05, 0) is 54.0 Å². The van der Waals surface area contributed by atoms with Crippen LogP contribution in [0.15, 0.2) is 16.8 Å². The van der Waals surface area contributed by atoms with E-state index in [2.05, 4.69) is 29.1 Å². The monoisotopic (exact) mass is 251 g/mol. The predicted octanol–water partition coefficient (Wildman–Crippen LogP) is 3.36. The zero-order valence-corrected chi connectivity index (χ0v) is 11.3. The van der Waals surface area contributed by atoms with E-state index in [1.54, 1.807) is 11.3 Å². The molecular weight excluding hydrogens is 230 g/mol. The maximum Gasteiger partial charge on any atom is 0.0877 e. The molecule has 17 heavy (non-hydrogen) atoms. The first kappa shape index (κ1) is 11.7. The summed E-state index contributed by atoms with van der Waals surface area (Å²) in [5.74, 6) is 0.870. The normalized spacial score (nSPS) is 38.4. The fraction of sp³-hybridized carbons (Fsp3) is 0.714. The summed E-state index contributed by atoms with van der Waals surface area (Å²) in [6, 6.07) is 2.66. The first-order chi connectivity index (χ1) is 8.30. The van der Waals surface area contributed by atoms with Crippen molar-refractivity contribution < 1.29 is 4.74 Å². The van der Waals surface area contributed by atoms with Gasteiger partial charge in [0.1, 0.15) is 0 Å². The third kappa shape index (κ3) is 2.16. The average molecular weight is 251 g/mol. The summed E-state index contributed by atoms with van der Waals surface area (Å²) in [6.07, 6.45) is 5.04. The lowest BCUT2D eigenvalue weighted by molar-refractivity contribution is -0.124. The topological polar surface area (TPSA) is 21.3 Å². The molecule has 1 aromatic rings. The number of ether oxygens (including phenoxy) is 1. The van der Waals surface area contributed by atoms with E-state index < -0.39 is 0 Å². The zero-order valence-electron chi connectivity index (χ0n) is 10.4. The van der Waals surface area contributed by atoms with Crippen LogP contribution in [0.1, 0.15) is 44.2 Å². The molecule has 2 nitrogen and oxygen atoms in total. The molecule has 3 heteroatoms. The molecule has 1 aromatic heterocycles. The third-order valence-corrected chi connectivity index (χ3v) is 5.06. The van der Waals surface area contributed by atoms with Crippen molar-refractivity contribution in [2.24, 2.45) is 5.92 Å². The van der Waals surface area contributed by atoms with Gasteiger partial charge in [-0.25, -0.2) is 0 Å². The van der Waals surface area contributed by atoms with E-state index in [1.165, 1.54) is 31.2 Å². The van der Waals surface area contributed by atoms with Crippen molar-refractivity contribution in [3.63, 3.8) is 0 Å². The second kappa shape index (κ2) is 4.71. The van der Waals surface area contributed by atoms with Crippen LogP contribution in [0.2, 0.25) is 0 Å². The van der Waals surface area contributed by atoms with Gasteiger partial charge in [0.25, 0.3) is 0 Å². The smallest absolute Gasteiger partial charge is 0.0877 e. The Balaban J connectivity index is 1.84. The van der Waals surface area contributed by atoms with Crippen molar-refractivity contribution in [2.45, 2.75) is 44.2 Å². The molecule has 0 radical (unpaired) electrons. The molecule has 2 aliphatic rings. The molecule has 0 bridgehead atoms. The molecule has 2 fully saturated rings.